The zero-order valence-electron chi connectivity index (χ0n) is 10.9. The molecule has 0 aliphatic heterocycles. The minimum absolute atomic E-state index is 0.127. The Morgan fingerprint density at radius 3 is 2.58 bits per heavy atom. The molecule has 0 amide bonds. The fourth-order valence-corrected chi connectivity index (χ4v) is 3.22. The second kappa shape index (κ2) is 4.63. The van der Waals surface area contributed by atoms with Gasteiger partial charge in [-0.15, -0.1) is 11.3 Å². The van der Waals surface area contributed by atoms with E-state index in [9.17, 15) is 4.79 Å². The van der Waals surface area contributed by atoms with Gasteiger partial charge in [-0.05, 0) is 43.0 Å². The fourth-order valence-electron chi connectivity index (χ4n) is 2.21. The lowest BCUT2D eigenvalue weighted by atomic mass is 10.0. The van der Waals surface area contributed by atoms with Crippen LogP contribution in [0.2, 0.25) is 0 Å². The first-order valence-corrected chi connectivity index (χ1v) is 7.07. The number of ketones is 1. The standard InChI is InChI=1S/C17H14OS/c1-11-7-8-12(2)14(9-11)17(18)16-10-13-5-3-4-6-15(13)19-16/h3-10H,1-2H3. The third-order valence-corrected chi connectivity index (χ3v) is 4.40. The summed E-state index contributed by atoms with van der Waals surface area (Å²) in [6, 6.07) is 16.1. The van der Waals surface area contributed by atoms with Crippen molar-refractivity contribution in [2.24, 2.45) is 0 Å². The predicted molar refractivity (Wildman–Crippen MR) is 81.2 cm³/mol. The summed E-state index contributed by atoms with van der Waals surface area (Å²) < 4.78 is 1.16. The van der Waals surface area contributed by atoms with Gasteiger partial charge in [0.15, 0.2) is 0 Å². The van der Waals surface area contributed by atoms with Crippen molar-refractivity contribution in [3.8, 4) is 0 Å². The summed E-state index contributed by atoms with van der Waals surface area (Å²) in [5, 5.41) is 1.14. The first-order valence-electron chi connectivity index (χ1n) is 6.26. The molecule has 0 atom stereocenters. The normalized spacial score (nSPS) is 10.8. The van der Waals surface area contributed by atoms with Gasteiger partial charge in [-0.1, -0.05) is 35.9 Å². The molecule has 0 saturated carbocycles. The first kappa shape index (κ1) is 12.1. The number of benzene rings is 2. The number of thiophene rings is 1. The van der Waals surface area contributed by atoms with Crippen LogP contribution in [0.15, 0.2) is 48.5 Å². The molecular formula is C17H14OS. The summed E-state index contributed by atoms with van der Waals surface area (Å²) in [5.74, 6) is 0.127. The maximum Gasteiger partial charge on any atom is 0.203 e. The van der Waals surface area contributed by atoms with Crippen molar-refractivity contribution in [2.75, 3.05) is 0 Å². The van der Waals surface area contributed by atoms with E-state index >= 15 is 0 Å². The predicted octanol–water partition coefficient (Wildman–Crippen LogP) is 4.75. The number of carbonyl (C=O) groups is 1. The van der Waals surface area contributed by atoms with Gasteiger partial charge in [0.1, 0.15) is 0 Å². The third kappa shape index (κ3) is 2.20. The van der Waals surface area contributed by atoms with Crippen LogP contribution in [0.5, 0.6) is 0 Å². The highest BCUT2D eigenvalue weighted by Crippen LogP contribution is 2.28. The number of fused-ring (bicyclic) bond motifs is 1. The molecule has 1 aromatic heterocycles. The Bertz CT molecular complexity index is 735. The van der Waals surface area contributed by atoms with Gasteiger partial charge in [0, 0.05) is 10.3 Å². The monoisotopic (exact) mass is 266 g/mol. The number of hydrogen-bond acceptors (Lipinski definition) is 2. The highest BCUT2D eigenvalue weighted by molar-refractivity contribution is 7.21. The largest absolute Gasteiger partial charge is 0.288 e. The maximum atomic E-state index is 12.6. The number of carbonyl (C=O) groups excluding carboxylic acids is 1. The molecule has 2 aromatic carbocycles. The molecule has 1 nitrogen and oxygen atoms in total. The molecule has 19 heavy (non-hydrogen) atoms. The van der Waals surface area contributed by atoms with Crippen LogP contribution in [0.3, 0.4) is 0 Å². The minimum atomic E-state index is 0.127. The van der Waals surface area contributed by atoms with Crippen molar-refractivity contribution >= 4 is 27.2 Å². The van der Waals surface area contributed by atoms with Gasteiger partial charge in [-0.2, -0.15) is 0 Å². The quantitative estimate of drug-likeness (QED) is 0.612. The van der Waals surface area contributed by atoms with Gasteiger partial charge in [0.25, 0.3) is 0 Å². The van der Waals surface area contributed by atoms with Crippen LogP contribution in [-0.2, 0) is 0 Å². The lowest BCUT2D eigenvalue weighted by molar-refractivity contribution is 0.104. The highest BCUT2D eigenvalue weighted by Gasteiger charge is 2.14. The van der Waals surface area contributed by atoms with E-state index in [-0.39, 0.29) is 5.78 Å². The Morgan fingerprint density at radius 2 is 1.79 bits per heavy atom. The van der Waals surface area contributed by atoms with Gasteiger partial charge in [0.2, 0.25) is 5.78 Å². The molecule has 3 aromatic rings. The lowest BCUT2D eigenvalue weighted by Gasteiger charge is -2.04. The van der Waals surface area contributed by atoms with E-state index in [1.807, 2.05) is 56.3 Å². The van der Waals surface area contributed by atoms with E-state index in [1.54, 1.807) is 11.3 Å². The van der Waals surface area contributed by atoms with Gasteiger partial charge in [0.05, 0.1) is 4.88 Å². The number of hydrogen-bond donors (Lipinski definition) is 0. The van der Waals surface area contributed by atoms with Crippen molar-refractivity contribution in [2.45, 2.75) is 13.8 Å². The van der Waals surface area contributed by atoms with Crippen molar-refractivity contribution < 1.29 is 4.79 Å². The molecule has 0 aliphatic carbocycles. The van der Waals surface area contributed by atoms with E-state index in [1.165, 1.54) is 0 Å². The molecule has 0 unspecified atom stereocenters. The topological polar surface area (TPSA) is 17.1 Å². The van der Waals surface area contributed by atoms with Gasteiger partial charge in [-0.25, -0.2) is 0 Å². The van der Waals surface area contributed by atoms with Crippen LogP contribution in [0.25, 0.3) is 10.1 Å². The molecule has 94 valence electrons. The summed E-state index contributed by atoms with van der Waals surface area (Å²) in [6.45, 7) is 4.00. The number of aryl methyl sites for hydroxylation is 2. The molecular weight excluding hydrogens is 252 g/mol. The van der Waals surface area contributed by atoms with Crippen LogP contribution in [0, 0.1) is 13.8 Å². The molecule has 0 N–H and O–H groups in total. The Hall–Kier alpha value is -1.93. The SMILES string of the molecule is Cc1ccc(C)c(C(=O)c2cc3ccccc3s2)c1. The van der Waals surface area contributed by atoms with Gasteiger partial charge < -0.3 is 0 Å². The van der Waals surface area contributed by atoms with Crippen LogP contribution < -0.4 is 0 Å². The Morgan fingerprint density at radius 1 is 1.00 bits per heavy atom. The van der Waals surface area contributed by atoms with Crippen LogP contribution in [-0.4, -0.2) is 5.78 Å². The summed E-state index contributed by atoms with van der Waals surface area (Å²) in [4.78, 5) is 13.4. The van der Waals surface area contributed by atoms with Crippen LogP contribution in [0.1, 0.15) is 26.4 Å². The van der Waals surface area contributed by atoms with E-state index < -0.39 is 0 Å². The molecule has 3 rings (SSSR count). The summed E-state index contributed by atoms with van der Waals surface area (Å²) in [7, 11) is 0. The second-order valence-corrected chi connectivity index (χ2v) is 5.88. The molecule has 0 radical (unpaired) electrons. The average Bonchev–Trinajstić information content (AvgIpc) is 2.84. The highest BCUT2D eigenvalue weighted by atomic mass is 32.1. The Kier molecular flexibility index (Phi) is 2.96. The van der Waals surface area contributed by atoms with E-state index in [4.69, 9.17) is 0 Å². The van der Waals surface area contributed by atoms with Crippen molar-refractivity contribution in [3.63, 3.8) is 0 Å². The van der Waals surface area contributed by atoms with E-state index in [2.05, 4.69) is 6.07 Å². The van der Waals surface area contributed by atoms with Gasteiger partial charge in [-0.3, -0.25) is 4.79 Å². The summed E-state index contributed by atoms with van der Waals surface area (Å²) in [6.07, 6.45) is 0. The minimum Gasteiger partial charge on any atom is -0.288 e. The van der Waals surface area contributed by atoms with Gasteiger partial charge >= 0.3 is 0 Å². The molecule has 0 saturated heterocycles. The molecule has 0 fully saturated rings. The third-order valence-electron chi connectivity index (χ3n) is 3.29. The zero-order chi connectivity index (χ0) is 13.4. The van der Waals surface area contributed by atoms with E-state index in [0.717, 1.165) is 31.7 Å². The average molecular weight is 266 g/mol. The van der Waals surface area contributed by atoms with E-state index in [0.29, 0.717) is 0 Å². The first-order chi connectivity index (χ1) is 9.15. The molecule has 0 aliphatic rings. The fraction of sp³-hybridized carbons (Fsp3) is 0.118. The Balaban J connectivity index is 2.10. The summed E-state index contributed by atoms with van der Waals surface area (Å²) >= 11 is 1.57. The molecule has 1 heterocycles. The lowest BCUT2D eigenvalue weighted by Crippen LogP contribution is -2.01. The summed E-state index contributed by atoms with van der Waals surface area (Å²) in [5.41, 5.74) is 2.97. The molecule has 0 spiro atoms. The van der Waals surface area contributed by atoms with Crippen LogP contribution in [0.4, 0.5) is 0 Å². The molecule has 0 bridgehead atoms. The van der Waals surface area contributed by atoms with Crippen molar-refractivity contribution in [1.82, 2.24) is 0 Å². The maximum absolute atomic E-state index is 12.6. The van der Waals surface area contributed by atoms with Crippen molar-refractivity contribution in [3.05, 3.63) is 70.1 Å². The Labute approximate surface area is 116 Å². The smallest absolute Gasteiger partial charge is 0.203 e. The second-order valence-electron chi connectivity index (χ2n) is 4.80. The van der Waals surface area contributed by atoms with Crippen molar-refractivity contribution in [1.29, 1.82) is 0 Å². The molecule has 2 heteroatoms. The van der Waals surface area contributed by atoms with Crippen LogP contribution >= 0.6 is 11.3 Å². The number of rotatable bonds is 2. The zero-order valence-corrected chi connectivity index (χ0v) is 11.8.